The van der Waals surface area contributed by atoms with Crippen LogP contribution in [0.1, 0.15) is 6.42 Å². The van der Waals surface area contributed by atoms with Crippen LogP contribution in [-0.2, 0) is 17.4 Å². The van der Waals surface area contributed by atoms with E-state index in [0.29, 0.717) is 12.4 Å². The van der Waals surface area contributed by atoms with E-state index in [0.717, 1.165) is 6.42 Å². The monoisotopic (exact) mass is 410 g/mol. The number of ether oxygens (including phenoxy) is 1. The summed E-state index contributed by atoms with van der Waals surface area (Å²) >= 11 is 4.65. The van der Waals surface area contributed by atoms with Gasteiger partial charge >= 0.3 is 0 Å². The first-order valence-electron chi connectivity index (χ1n) is 2.87. The van der Waals surface area contributed by atoms with Crippen molar-refractivity contribution in [1.29, 1.82) is 0 Å². The van der Waals surface area contributed by atoms with Crippen LogP contribution in [0, 0.1) is 0 Å². The van der Waals surface area contributed by atoms with E-state index < -0.39 is 0 Å². The third-order valence-electron chi connectivity index (χ3n) is 0.696. The molecule has 0 unspecified atom stereocenters. The average molecular weight is 410 g/mol. The van der Waals surface area contributed by atoms with Crippen LogP contribution in [0.15, 0.2) is 25.0 Å². The summed E-state index contributed by atoms with van der Waals surface area (Å²) in [6.45, 7) is 4.18. The number of rotatable bonds is 5. The predicted molar refractivity (Wildman–Crippen MR) is 42.1 cm³/mol. The van der Waals surface area contributed by atoms with Gasteiger partial charge in [-0.1, -0.05) is 6.08 Å². The summed E-state index contributed by atoms with van der Waals surface area (Å²) in [5.74, 6) is 0.651. The Morgan fingerprint density at radius 2 is 2.20 bits per heavy atom. The van der Waals surface area contributed by atoms with E-state index in [4.69, 9.17) is 4.74 Å². The van der Waals surface area contributed by atoms with Gasteiger partial charge in [0, 0.05) is 0 Å². The van der Waals surface area contributed by atoms with Crippen LogP contribution in [-0.4, -0.2) is 12.4 Å². The first kappa shape index (κ1) is 11.4. The molecule has 0 spiro atoms. The van der Waals surface area contributed by atoms with Gasteiger partial charge in [0.1, 0.15) is 0 Å². The molecule has 1 nitrogen and oxygen atoms in total. The maximum absolute atomic E-state index is 4.95. The summed E-state index contributed by atoms with van der Waals surface area (Å²) in [6, 6.07) is 0. The van der Waals surface area contributed by atoms with Crippen molar-refractivity contribution in [3.63, 3.8) is 0 Å². The van der Waals surface area contributed by atoms with Crippen molar-refractivity contribution >= 4 is 12.6 Å². The molecule has 10 heavy (non-hydrogen) atoms. The van der Waals surface area contributed by atoms with Gasteiger partial charge in [-0.05, 0) is 12.5 Å². The summed E-state index contributed by atoms with van der Waals surface area (Å²) in [4.78, 5) is 0. The van der Waals surface area contributed by atoms with Gasteiger partial charge in [-0.25, -0.2) is 0 Å². The molecule has 0 rings (SSSR count). The zero-order chi connectivity index (χ0) is 6.95. The molecule has 0 aliphatic heterocycles. The average Bonchev–Trinajstić information content (AvgIpc) is 1.89. The predicted octanol–water partition coefficient (Wildman–Crippen LogP) is 1.64. The fourth-order valence-electron chi connectivity index (χ4n) is 0.336. The molecule has 0 amide bonds. The van der Waals surface area contributed by atoms with Gasteiger partial charge in [0.05, 0.1) is 12.9 Å². The first-order chi connectivity index (χ1) is 4.41. The Morgan fingerprint density at radius 3 is 2.70 bits per heavy atom. The van der Waals surface area contributed by atoms with Crippen LogP contribution in [0.3, 0.4) is 0 Å². The van der Waals surface area contributed by atoms with Crippen molar-refractivity contribution in [3.8, 4) is 0 Å². The maximum atomic E-state index is 4.95. The normalized spacial score (nSPS) is 8.90. The smallest absolute Gasteiger partial charge is 0.0791 e. The first-order valence-corrected chi connectivity index (χ1v) is 3.45. The Labute approximate surface area is 61.8 Å². The molecular weight excluding hydrogens is 399 g/mol. The van der Waals surface area contributed by atoms with Crippen LogP contribution >= 0.6 is 0 Å². The van der Waals surface area contributed by atoms with Crippen LogP contribution in [0.25, 0.3) is 0 Å². The standard InChI is InChI=1S/C7H12OS.Rf/c1-2-3-4-5-8-6-7-9;/h2,4-5,9H,1,3,6-7H2;/p-1. The molecule has 0 aromatic rings. The fraction of sp³-hybridized carbons (Fsp3) is 0.429. The van der Waals surface area contributed by atoms with Crippen molar-refractivity contribution in [2.24, 2.45) is 0 Å². The maximum Gasteiger partial charge on any atom is 0.0791 e. The molecule has 0 heterocycles. The van der Waals surface area contributed by atoms with E-state index in [-0.39, 0.29) is 0 Å². The molecule has 3 heteroatoms. The molecule has 0 aliphatic carbocycles. The second-order valence-electron chi connectivity index (χ2n) is 1.47. The molecule has 0 aromatic heterocycles. The third-order valence-corrected chi connectivity index (χ3v) is 0.863. The van der Waals surface area contributed by atoms with Gasteiger partial charge in [0.2, 0.25) is 0 Å². The summed E-state index contributed by atoms with van der Waals surface area (Å²) in [6.07, 6.45) is 6.23. The van der Waals surface area contributed by atoms with E-state index in [1.165, 1.54) is 0 Å². The second kappa shape index (κ2) is 10.6. The molecule has 54 valence electrons. The Morgan fingerprint density at radius 1 is 1.50 bits per heavy atom. The molecule has 0 fully saturated rings. The molecule has 0 N–H and O–H groups in total. The molecule has 0 aromatic carbocycles. The fourth-order valence-corrected chi connectivity index (χ4v) is 0.432. The number of allylic oxidation sites excluding steroid dienone is 2. The summed E-state index contributed by atoms with van der Waals surface area (Å²) in [5.41, 5.74) is 0. The molecule has 0 atom stereocenters. The molecule has 0 saturated heterocycles. The van der Waals surface area contributed by atoms with E-state index in [1.54, 1.807) is 6.26 Å². The largest absolute Gasteiger partial charge is 0.789 e. The molecule has 0 aliphatic rings. The SMILES string of the molecule is C=CCC=COCC[S-].[Rf]. The topological polar surface area (TPSA) is 9.23 Å². The Kier molecular flexibility index (Phi) is 12.1. The van der Waals surface area contributed by atoms with Crippen molar-refractivity contribution in [2.75, 3.05) is 12.4 Å². The van der Waals surface area contributed by atoms with Gasteiger partial charge in [-0.15, -0.1) is 12.3 Å². The van der Waals surface area contributed by atoms with Crippen LogP contribution in [0.2, 0.25) is 0 Å². The van der Waals surface area contributed by atoms with Gasteiger partial charge in [0.15, 0.2) is 0 Å². The minimum atomic E-state index is 0. The molecule has 0 bridgehead atoms. The quantitative estimate of drug-likeness (QED) is 0.295. The van der Waals surface area contributed by atoms with Gasteiger partial charge in [-0.3, -0.25) is 0 Å². The van der Waals surface area contributed by atoms with E-state index in [9.17, 15) is 0 Å². The summed E-state index contributed by atoms with van der Waals surface area (Å²) < 4.78 is 4.95. The Balaban J connectivity index is 0. The minimum absolute atomic E-state index is 0. The van der Waals surface area contributed by atoms with Gasteiger partial charge in [-0.2, -0.15) is 0 Å². The Bertz CT molecular complexity index is 93.6. The van der Waals surface area contributed by atoms with Crippen LogP contribution in [0.5, 0.6) is 0 Å². The van der Waals surface area contributed by atoms with E-state index in [1.807, 2.05) is 12.2 Å². The van der Waals surface area contributed by atoms with Crippen LogP contribution < -0.4 is 0 Å². The molecule has 0 radical (unpaired) electrons. The van der Waals surface area contributed by atoms with Crippen molar-refractivity contribution < 1.29 is 4.74 Å². The Hall–Kier alpha value is -1.37. The zero-order valence-corrected chi connectivity index (χ0v) is 13.3. The third kappa shape index (κ3) is 9.80. The van der Waals surface area contributed by atoms with E-state index >= 15 is 0 Å². The zero-order valence-electron chi connectivity index (χ0n) is 6.08. The van der Waals surface area contributed by atoms with Crippen molar-refractivity contribution in [1.82, 2.24) is 0 Å². The number of hydrogen-bond acceptors (Lipinski definition) is 2. The minimum Gasteiger partial charge on any atom is -0.789 e. The molecular formula is C7H11ORfS-. The molecule has 0 saturated carbocycles. The van der Waals surface area contributed by atoms with Gasteiger partial charge < -0.3 is 17.4 Å². The second-order valence-corrected chi connectivity index (χ2v) is 1.88. The van der Waals surface area contributed by atoms with Gasteiger partial charge in [0.25, 0.3) is 0 Å². The van der Waals surface area contributed by atoms with E-state index in [2.05, 4.69) is 19.2 Å². The summed E-state index contributed by atoms with van der Waals surface area (Å²) in [5, 5.41) is 0. The number of hydrogen-bond donors (Lipinski definition) is 0. The van der Waals surface area contributed by atoms with Crippen molar-refractivity contribution in [3.05, 3.63) is 25.0 Å². The van der Waals surface area contributed by atoms with Crippen molar-refractivity contribution in [2.45, 2.75) is 6.42 Å². The summed E-state index contributed by atoms with van der Waals surface area (Å²) in [7, 11) is 0. The van der Waals surface area contributed by atoms with Crippen LogP contribution in [0.4, 0.5) is 0 Å².